The quantitative estimate of drug-likeness (QED) is 0.0485. The molecule has 10 nitrogen and oxygen atoms in total. The molecular weight excluding hydrogens is 1410 g/mol. The van der Waals surface area contributed by atoms with Crippen LogP contribution in [0.2, 0.25) is 0 Å². The minimum atomic E-state index is -0.191. The first-order chi connectivity index (χ1) is 56.2. The first-order valence-electron chi connectivity index (χ1n) is 42.6. The molecule has 1 aliphatic rings. The molecule has 15 aromatic rings. The van der Waals surface area contributed by atoms with Gasteiger partial charge in [-0.15, -0.1) is 0 Å². The summed E-state index contributed by atoms with van der Waals surface area (Å²) in [6, 6.07) is 80.8. The second-order valence-electron chi connectivity index (χ2n) is 30.2. The summed E-state index contributed by atoms with van der Waals surface area (Å²) in [4.78, 5) is 52.0. The number of aryl methyl sites for hydroxylation is 5. The van der Waals surface area contributed by atoms with Gasteiger partial charge in [-0.2, -0.15) is 0 Å². The number of carbonyl (C=O) groups excluding carboxylic acids is 4. The summed E-state index contributed by atoms with van der Waals surface area (Å²) in [5.41, 5.74) is 12.3. The number of fused-ring (bicyclic) bond motifs is 7. The van der Waals surface area contributed by atoms with E-state index in [1.165, 1.54) is 63.3 Å². The van der Waals surface area contributed by atoms with Crippen LogP contribution in [0.5, 0.6) is 5.75 Å². The number of hydrogen-bond acceptors (Lipinski definition) is 6. The lowest BCUT2D eigenvalue weighted by atomic mass is 9.82. The van der Waals surface area contributed by atoms with E-state index in [1.807, 2.05) is 202 Å². The number of para-hydroxylation sites is 4. The van der Waals surface area contributed by atoms with E-state index in [0.29, 0.717) is 18.1 Å². The third-order valence-electron chi connectivity index (χ3n) is 21.6. The highest BCUT2D eigenvalue weighted by molar-refractivity contribution is 6.23. The normalized spacial score (nSPS) is 12.9. The Morgan fingerprint density at radius 2 is 0.670 bits per heavy atom. The first-order valence-corrected chi connectivity index (χ1v) is 42.6. The van der Waals surface area contributed by atoms with Gasteiger partial charge in [0.1, 0.15) is 5.75 Å². The van der Waals surface area contributed by atoms with Crippen molar-refractivity contribution in [1.82, 2.24) is 18.3 Å². The lowest BCUT2D eigenvalue weighted by Gasteiger charge is -2.26. The number of phenolic OH excluding ortho intramolecular Hbond substituents is 1. The number of nitrogens with zero attached hydrogens (tertiary/aromatic N) is 4. The molecule has 11 aromatic carbocycles. The number of unbranched alkanes of at least 4 members (excludes halogenated alkanes) is 6. The van der Waals surface area contributed by atoms with Gasteiger partial charge in [-0.1, -0.05) is 332 Å². The van der Waals surface area contributed by atoms with Gasteiger partial charge in [0.05, 0.1) is 6.10 Å². The minimum absolute atomic E-state index is 0.0881. The number of Topliss-reactive ketones (excluding diaryl/α,β-unsaturated/α-hetero) is 1. The van der Waals surface area contributed by atoms with E-state index >= 15 is 0 Å². The van der Waals surface area contributed by atoms with Crippen molar-refractivity contribution in [3.63, 3.8) is 0 Å². The van der Waals surface area contributed by atoms with Gasteiger partial charge in [-0.3, -0.25) is 19.2 Å². The molecule has 1 aliphatic carbocycles. The van der Waals surface area contributed by atoms with Crippen LogP contribution in [0.25, 0.3) is 75.9 Å². The van der Waals surface area contributed by atoms with Crippen LogP contribution < -0.4 is 0 Å². The van der Waals surface area contributed by atoms with Gasteiger partial charge in [-0.25, -0.2) is 0 Å². The topological polar surface area (TPSA) is 128 Å². The smallest absolute Gasteiger partial charge is 0.195 e. The van der Waals surface area contributed by atoms with E-state index in [0.717, 1.165) is 192 Å². The fraction of sp³-hybridized carbons (Fsp3) is 0.314. The third-order valence-corrected chi connectivity index (χ3v) is 21.6. The van der Waals surface area contributed by atoms with Gasteiger partial charge in [0.25, 0.3) is 0 Å². The first kappa shape index (κ1) is 86.2. The molecule has 0 amide bonds. The predicted octanol–water partition coefficient (Wildman–Crippen LogP) is 27.7. The van der Waals surface area contributed by atoms with Crippen molar-refractivity contribution in [3.05, 3.63) is 318 Å². The predicted molar refractivity (Wildman–Crippen MR) is 485 cm³/mol. The van der Waals surface area contributed by atoms with Gasteiger partial charge in [0.15, 0.2) is 23.1 Å². The molecule has 4 aromatic heterocycles. The molecular formula is C105H120N4O6. The zero-order valence-electron chi connectivity index (χ0n) is 69.7. The average Bonchev–Trinajstić information content (AvgIpc) is 1.61. The van der Waals surface area contributed by atoms with Crippen LogP contribution in [0.4, 0.5) is 0 Å². The maximum atomic E-state index is 13.4. The lowest BCUT2D eigenvalue weighted by molar-refractivity contribution is 0.0986. The van der Waals surface area contributed by atoms with Crippen molar-refractivity contribution in [3.8, 4) is 5.75 Å². The van der Waals surface area contributed by atoms with Crippen molar-refractivity contribution in [2.75, 3.05) is 0 Å². The monoisotopic (exact) mass is 1530 g/mol. The number of ketones is 4. The Morgan fingerprint density at radius 1 is 0.348 bits per heavy atom. The Morgan fingerprint density at radius 3 is 1.01 bits per heavy atom. The second-order valence-corrected chi connectivity index (χ2v) is 30.2. The van der Waals surface area contributed by atoms with Gasteiger partial charge in [-0.05, 0) is 132 Å². The van der Waals surface area contributed by atoms with Crippen LogP contribution in [0.1, 0.15) is 247 Å². The van der Waals surface area contributed by atoms with Gasteiger partial charge in [0, 0.05) is 140 Å². The van der Waals surface area contributed by atoms with E-state index in [4.69, 9.17) is 0 Å². The van der Waals surface area contributed by atoms with Crippen molar-refractivity contribution in [2.24, 2.45) is 0 Å². The van der Waals surface area contributed by atoms with Crippen molar-refractivity contribution in [2.45, 2.75) is 217 Å². The summed E-state index contributed by atoms with van der Waals surface area (Å²) in [5.74, 6) is 1.26. The molecule has 0 aliphatic heterocycles. The zero-order chi connectivity index (χ0) is 81.6. The Balaban J connectivity index is 0.000000151. The fourth-order valence-electron chi connectivity index (χ4n) is 15.7. The zero-order valence-corrected chi connectivity index (χ0v) is 69.7. The Hall–Kier alpha value is -11.2. The molecule has 2 N–H and O–H groups in total. The number of phenols is 1. The molecule has 0 bridgehead atoms. The largest absolute Gasteiger partial charge is 0.508 e. The van der Waals surface area contributed by atoms with Crippen LogP contribution in [-0.4, -0.2) is 57.7 Å². The van der Waals surface area contributed by atoms with Crippen LogP contribution in [0, 0.1) is 0 Å². The number of carbonyl (C=O) groups is 4. The number of rotatable bonds is 23. The maximum Gasteiger partial charge on any atom is 0.195 e. The molecule has 0 spiro atoms. The number of aromatic nitrogens is 4. The van der Waals surface area contributed by atoms with Crippen LogP contribution >= 0.6 is 0 Å². The number of aliphatic hydroxyl groups is 1. The van der Waals surface area contributed by atoms with E-state index in [-0.39, 0.29) is 29.2 Å². The Bertz CT molecular complexity index is 5470. The number of aliphatic hydroxyl groups excluding tert-OH is 1. The highest BCUT2D eigenvalue weighted by atomic mass is 16.3. The van der Waals surface area contributed by atoms with Crippen LogP contribution in [0.3, 0.4) is 0 Å². The third kappa shape index (κ3) is 21.6. The maximum absolute atomic E-state index is 13.4. The molecule has 596 valence electrons. The SMILES string of the molecule is CCC.CCC.CCCCCn1cc(C(=O)CC)c2ccccc21.CCCCCn1cc(C(=O)c2cccc3ccccc23)c2ccccc21.CCCCCn1cc(C(=O)c2cccc3ccccc23)c2ccccc21.CCc1ccc(C2CCCC(O)C2)c(O)c1.CCn1cc(C(=O)c2cccc3ccccc23)c2ccccc21. The van der Waals surface area contributed by atoms with Crippen LogP contribution in [0.15, 0.2) is 267 Å². The fourth-order valence-corrected chi connectivity index (χ4v) is 15.7. The molecule has 16 rings (SSSR count). The van der Waals surface area contributed by atoms with Crippen molar-refractivity contribution in [1.29, 1.82) is 0 Å². The van der Waals surface area contributed by atoms with Crippen LogP contribution in [-0.2, 0) is 32.6 Å². The number of benzene rings is 11. The molecule has 2 atom stereocenters. The Labute approximate surface area is 682 Å². The summed E-state index contributed by atoms with van der Waals surface area (Å²) >= 11 is 0. The van der Waals surface area contributed by atoms with Gasteiger partial charge < -0.3 is 28.5 Å². The van der Waals surface area contributed by atoms with E-state index in [1.54, 1.807) is 0 Å². The molecule has 0 radical (unpaired) electrons. The minimum Gasteiger partial charge on any atom is -0.508 e. The summed E-state index contributed by atoms with van der Waals surface area (Å²) in [6.07, 6.45) is 26.5. The molecule has 10 heteroatoms. The molecule has 0 saturated heterocycles. The van der Waals surface area contributed by atoms with Crippen molar-refractivity contribution >= 4 is 99.1 Å². The highest BCUT2D eigenvalue weighted by Crippen LogP contribution is 2.38. The van der Waals surface area contributed by atoms with E-state index in [2.05, 4.69) is 153 Å². The van der Waals surface area contributed by atoms with Gasteiger partial charge in [0.2, 0.25) is 0 Å². The summed E-state index contributed by atoms with van der Waals surface area (Å²) in [5, 5.41) is 30.2. The number of hydrogen-bond donors (Lipinski definition) is 2. The standard InChI is InChI=1S/2C24H23NO.C21H17NO.C16H21NO.C14H20O2.2C3H8/c2*1-2-3-8-16-25-17-22(20-13-6-7-15-23(20)25)24(26)21-14-9-11-18-10-4-5-12-19(18)21;1-2-22-14-19(17-11-5-6-13-20(17)22)21(23)18-12-7-9-15-8-3-4-10-16(15)18;1-3-5-8-11-17-12-14(16(18)4-2)13-9-6-7-10-15(13)17;1-2-10-6-7-13(14(16)8-10)11-4-3-5-12(15)9-11;2*1-3-2/h2*4-7,9-15,17H,2-3,8,16H2,1H3;3-14H,2H2,1H3;6-7,9-10,12H,3-5,8,11H2,1-2H3;6-8,11-12,15-16H,2-5,9H2,1H3;2*3H2,1-2H3. The van der Waals surface area contributed by atoms with E-state index < -0.39 is 0 Å². The van der Waals surface area contributed by atoms with Gasteiger partial charge >= 0.3 is 0 Å². The Kier molecular flexibility index (Phi) is 32.9. The highest BCUT2D eigenvalue weighted by Gasteiger charge is 2.25. The lowest BCUT2D eigenvalue weighted by Crippen LogP contribution is -2.18. The molecule has 115 heavy (non-hydrogen) atoms. The molecule has 1 saturated carbocycles. The second kappa shape index (κ2) is 43.9. The summed E-state index contributed by atoms with van der Waals surface area (Å²) in [7, 11) is 0. The van der Waals surface area contributed by atoms with E-state index in [9.17, 15) is 29.4 Å². The summed E-state index contributed by atoms with van der Waals surface area (Å²) < 4.78 is 8.84. The summed E-state index contributed by atoms with van der Waals surface area (Å²) in [6.45, 7) is 25.0. The number of aromatic hydroxyl groups is 1. The molecule has 1 fully saturated rings. The van der Waals surface area contributed by atoms with Crippen molar-refractivity contribution < 1.29 is 29.4 Å². The molecule has 4 heterocycles. The molecule has 2 unspecified atom stereocenters. The average molecular weight is 1530 g/mol.